The molecule has 4 aromatic carbocycles. The van der Waals surface area contributed by atoms with Crippen LogP contribution in [0.3, 0.4) is 0 Å². The molecule has 15 nitrogen and oxygen atoms in total. The number of nitrogens with zero attached hydrogens (tertiary/aromatic N) is 3. The molecule has 0 aliphatic heterocycles. The summed E-state index contributed by atoms with van der Waals surface area (Å²) in [5.74, 6) is -2.03. The Morgan fingerprint density at radius 1 is 0.369 bits per heavy atom. The standard InChI is InChI=1S/C50H63N3O12/c1-2-3-28-61-50(58)37-51(24-29-59-31-26-52(38-62-46(54)33-42-16-8-4-9-17-42)39-63-47(55)34-43-18-10-5-11-19-43)25-30-60-32-27-53(40-64-48(56)35-44-20-12-6-13-21-44)41-65-49(57)36-45-22-14-7-15-23-45/h4-23H,2-3,24-41H2,1H3. The number of carbonyl (C=O) groups is 5. The zero-order valence-electron chi connectivity index (χ0n) is 37.4. The maximum Gasteiger partial charge on any atom is 0.320 e. The van der Waals surface area contributed by atoms with Crippen LogP contribution < -0.4 is 0 Å². The fourth-order valence-corrected chi connectivity index (χ4v) is 6.05. The van der Waals surface area contributed by atoms with Gasteiger partial charge >= 0.3 is 29.8 Å². The Hall–Kier alpha value is -5.97. The lowest BCUT2D eigenvalue weighted by atomic mass is 10.2. The highest BCUT2D eigenvalue weighted by Crippen LogP contribution is 2.07. The summed E-state index contributed by atoms with van der Waals surface area (Å²) in [6.07, 6.45) is 2.07. The predicted molar refractivity (Wildman–Crippen MR) is 242 cm³/mol. The molecule has 0 unspecified atom stereocenters. The topological polar surface area (TPSA) is 160 Å². The molecule has 0 spiro atoms. The number of hydrogen-bond donors (Lipinski definition) is 0. The first-order valence-electron chi connectivity index (χ1n) is 22.0. The third-order valence-corrected chi connectivity index (χ3v) is 9.72. The Morgan fingerprint density at radius 3 is 0.954 bits per heavy atom. The summed E-state index contributed by atoms with van der Waals surface area (Å²) in [5, 5.41) is 0. The van der Waals surface area contributed by atoms with E-state index in [0.29, 0.717) is 32.8 Å². The molecule has 15 heteroatoms. The van der Waals surface area contributed by atoms with Crippen molar-refractivity contribution >= 4 is 29.8 Å². The molecule has 65 heavy (non-hydrogen) atoms. The van der Waals surface area contributed by atoms with Crippen LogP contribution in [0, 0.1) is 0 Å². The van der Waals surface area contributed by atoms with Gasteiger partial charge in [0, 0.05) is 26.2 Å². The molecule has 0 bridgehead atoms. The van der Waals surface area contributed by atoms with Crippen LogP contribution in [-0.2, 0) is 82.8 Å². The number of unbranched alkanes of at least 4 members (excludes halogenated alkanes) is 1. The third kappa shape index (κ3) is 24.1. The van der Waals surface area contributed by atoms with Crippen molar-refractivity contribution < 1.29 is 57.1 Å². The van der Waals surface area contributed by atoms with Gasteiger partial charge < -0.3 is 33.2 Å². The maximum atomic E-state index is 12.7. The molecular formula is C50H63N3O12. The molecular weight excluding hydrogens is 835 g/mol. The monoisotopic (exact) mass is 897 g/mol. The van der Waals surface area contributed by atoms with E-state index >= 15 is 0 Å². The molecule has 0 fully saturated rings. The van der Waals surface area contributed by atoms with Gasteiger partial charge in [0.25, 0.3) is 0 Å². The molecule has 0 saturated heterocycles. The SMILES string of the molecule is CCCCOC(=O)CN(CCOCCN(COC(=O)Cc1ccccc1)COC(=O)Cc1ccccc1)CCOCCN(COC(=O)Cc1ccccc1)COC(=O)Cc1ccccc1. The Balaban J connectivity index is 1.24. The summed E-state index contributed by atoms with van der Waals surface area (Å²) in [4.78, 5) is 68.4. The summed E-state index contributed by atoms with van der Waals surface area (Å²) in [5.41, 5.74) is 3.29. The van der Waals surface area contributed by atoms with Gasteiger partial charge in [-0.05, 0) is 28.7 Å². The maximum absolute atomic E-state index is 12.7. The van der Waals surface area contributed by atoms with Gasteiger partial charge in [0.15, 0.2) is 0 Å². The van der Waals surface area contributed by atoms with E-state index in [1.54, 1.807) is 9.80 Å². The fourth-order valence-electron chi connectivity index (χ4n) is 6.05. The minimum absolute atomic E-state index is 0.0259. The van der Waals surface area contributed by atoms with E-state index in [0.717, 1.165) is 35.1 Å². The van der Waals surface area contributed by atoms with Crippen LogP contribution in [0.1, 0.15) is 42.0 Å². The number of hydrogen-bond acceptors (Lipinski definition) is 15. The van der Waals surface area contributed by atoms with Crippen molar-refractivity contribution in [1.29, 1.82) is 0 Å². The van der Waals surface area contributed by atoms with E-state index in [1.165, 1.54) is 0 Å². The van der Waals surface area contributed by atoms with Crippen LogP contribution in [0.4, 0.5) is 0 Å². The number of ether oxygens (including phenoxy) is 7. The molecule has 4 rings (SSSR count). The van der Waals surface area contributed by atoms with Crippen LogP contribution in [0.2, 0.25) is 0 Å². The van der Waals surface area contributed by atoms with Crippen LogP contribution in [-0.4, -0.2) is 137 Å². The lowest BCUT2D eigenvalue weighted by Gasteiger charge is -2.24. The van der Waals surface area contributed by atoms with E-state index < -0.39 is 23.9 Å². The van der Waals surface area contributed by atoms with Gasteiger partial charge in [-0.3, -0.25) is 28.9 Å². The predicted octanol–water partition coefficient (Wildman–Crippen LogP) is 5.24. The van der Waals surface area contributed by atoms with Crippen LogP contribution >= 0.6 is 0 Å². The number of rotatable bonds is 33. The minimum Gasteiger partial charge on any atom is -0.465 e. The van der Waals surface area contributed by atoms with Gasteiger partial charge in [-0.2, -0.15) is 0 Å². The highest BCUT2D eigenvalue weighted by Gasteiger charge is 2.17. The summed E-state index contributed by atoms with van der Waals surface area (Å²) < 4.78 is 39.5. The molecule has 0 aromatic heterocycles. The lowest BCUT2D eigenvalue weighted by molar-refractivity contribution is -0.159. The van der Waals surface area contributed by atoms with E-state index in [-0.39, 0.29) is 91.5 Å². The van der Waals surface area contributed by atoms with Crippen LogP contribution in [0.15, 0.2) is 121 Å². The van der Waals surface area contributed by atoms with E-state index in [2.05, 4.69) is 0 Å². The second kappa shape index (κ2) is 31.8. The average molecular weight is 898 g/mol. The van der Waals surface area contributed by atoms with Gasteiger partial charge in [-0.25, -0.2) is 9.80 Å². The Kier molecular flexibility index (Phi) is 25.3. The summed E-state index contributed by atoms with van der Waals surface area (Å²) in [6.45, 7) is 4.25. The zero-order valence-corrected chi connectivity index (χ0v) is 37.4. The summed E-state index contributed by atoms with van der Waals surface area (Å²) in [6, 6.07) is 37.1. The molecule has 0 aliphatic rings. The molecule has 0 amide bonds. The molecule has 350 valence electrons. The number of benzene rings is 4. The smallest absolute Gasteiger partial charge is 0.320 e. The summed E-state index contributed by atoms with van der Waals surface area (Å²) in [7, 11) is 0. The fraction of sp³-hybridized carbons (Fsp3) is 0.420. The van der Waals surface area contributed by atoms with Crippen molar-refractivity contribution in [2.45, 2.75) is 45.4 Å². The average Bonchev–Trinajstić information content (AvgIpc) is 3.31. The van der Waals surface area contributed by atoms with Crippen molar-refractivity contribution in [3.8, 4) is 0 Å². The Labute approximate surface area is 382 Å². The van der Waals surface area contributed by atoms with Crippen LogP contribution in [0.25, 0.3) is 0 Å². The van der Waals surface area contributed by atoms with E-state index in [9.17, 15) is 24.0 Å². The number of carbonyl (C=O) groups excluding carboxylic acids is 5. The zero-order chi connectivity index (χ0) is 46.2. The molecule has 4 aromatic rings. The van der Waals surface area contributed by atoms with Crippen molar-refractivity contribution in [3.05, 3.63) is 144 Å². The Morgan fingerprint density at radius 2 is 0.662 bits per heavy atom. The first-order chi connectivity index (χ1) is 31.7. The van der Waals surface area contributed by atoms with Gasteiger partial charge in [-0.15, -0.1) is 0 Å². The van der Waals surface area contributed by atoms with Gasteiger partial charge in [0.05, 0.1) is 65.3 Å². The number of esters is 5. The lowest BCUT2D eigenvalue weighted by Crippen LogP contribution is -2.38. The molecule has 0 atom stereocenters. The highest BCUT2D eigenvalue weighted by molar-refractivity contribution is 5.74. The molecule has 0 aliphatic carbocycles. The van der Waals surface area contributed by atoms with Crippen molar-refractivity contribution in [2.24, 2.45) is 0 Å². The molecule has 0 N–H and O–H groups in total. The normalized spacial score (nSPS) is 11.1. The van der Waals surface area contributed by atoms with E-state index in [1.807, 2.05) is 133 Å². The van der Waals surface area contributed by atoms with Crippen LogP contribution in [0.5, 0.6) is 0 Å². The van der Waals surface area contributed by atoms with Crippen molar-refractivity contribution in [1.82, 2.24) is 14.7 Å². The highest BCUT2D eigenvalue weighted by atomic mass is 16.6. The van der Waals surface area contributed by atoms with E-state index in [4.69, 9.17) is 33.2 Å². The first-order valence-corrected chi connectivity index (χ1v) is 22.0. The second-order valence-corrected chi connectivity index (χ2v) is 15.1. The molecule has 0 saturated carbocycles. The van der Waals surface area contributed by atoms with Crippen molar-refractivity contribution in [3.63, 3.8) is 0 Å². The minimum atomic E-state index is -0.418. The third-order valence-electron chi connectivity index (χ3n) is 9.72. The second-order valence-electron chi connectivity index (χ2n) is 15.1. The first kappa shape index (κ1) is 51.7. The quantitative estimate of drug-likeness (QED) is 0.0264. The molecule has 0 radical (unpaired) electrons. The van der Waals surface area contributed by atoms with Gasteiger partial charge in [0.1, 0.15) is 26.9 Å². The van der Waals surface area contributed by atoms with Gasteiger partial charge in [-0.1, -0.05) is 135 Å². The largest absolute Gasteiger partial charge is 0.465 e. The van der Waals surface area contributed by atoms with Crippen molar-refractivity contribution in [2.75, 3.05) is 92.7 Å². The molecule has 0 heterocycles. The van der Waals surface area contributed by atoms with Gasteiger partial charge in [0.2, 0.25) is 0 Å². The Bertz CT molecular complexity index is 1700. The summed E-state index contributed by atoms with van der Waals surface area (Å²) >= 11 is 0.